The SMILES string of the molecule is Cc1ccccc1NC(=O)CCN(Cc1ccccn1)S(C)(=O)=O. The summed E-state index contributed by atoms with van der Waals surface area (Å²) >= 11 is 0. The summed E-state index contributed by atoms with van der Waals surface area (Å²) in [6.07, 6.45) is 2.82. The summed E-state index contributed by atoms with van der Waals surface area (Å²) in [5, 5.41) is 2.80. The van der Waals surface area contributed by atoms with Crippen molar-refractivity contribution in [3.8, 4) is 0 Å². The second kappa shape index (κ2) is 8.03. The molecular weight excluding hydrogens is 326 g/mol. The van der Waals surface area contributed by atoms with Crippen molar-refractivity contribution in [1.29, 1.82) is 0 Å². The van der Waals surface area contributed by atoms with Crippen LogP contribution in [0.2, 0.25) is 0 Å². The Kier molecular flexibility index (Phi) is 6.05. The second-order valence-corrected chi connectivity index (χ2v) is 7.51. The molecule has 6 nitrogen and oxygen atoms in total. The fraction of sp³-hybridized carbons (Fsp3) is 0.294. The number of hydrogen-bond acceptors (Lipinski definition) is 4. The molecule has 2 rings (SSSR count). The highest BCUT2D eigenvalue weighted by Gasteiger charge is 2.19. The van der Waals surface area contributed by atoms with Crippen molar-refractivity contribution >= 4 is 21.6 Å². The first-order valence-corrected chi connectivity index (χ1v) is 9.41. The third-order valence-corrected chi connectivity index (χ3v) is 4.79. The first-order chi connectivity index (χ1) is 11.4. The van der Waals surface area contributed by atoms with Gasteiger partial charge in [0.25, 0.3) is 0 Å². The first kappa shape index (κ1) is 18.1. The van der Waals surface area contributed by atoms with E-state index >= 15 is 0 Å². The van der Waals surface area contributed by atoms with Crippen molar-refractivity contribution in [3.63, 3.8) is 0 Å². The van der Waals surface area contributed by atoms with Crippen molar-refractivity contribution < 1.29 is 13.2 Å². The van der Waals surface area contributed by atoms with Crippen LogP contribution in [0.25, 0.3) is 0 Å². The van der Waals surface area contributed by atoms with Crippen molar-refractivity contribution in [2.75, 3.05) is 18.1 Å². The second-order valence-electron chi connectivity index (χ2n) is 5.53. The molecular formula is C17H21N3O3S. The number of hydrogen-bond donors (Lipinski definition) is 1. The maximum atomic E-state index is 12.1. The third kappa shape index (κ3) is 5.43. The molecule has 0 spiro atoms. The number of nitrogens with zero attached hydrogens (tertiary/aromatic N) is 2. The summed E-state index contributed by atoms with van der Waals surface area (Å²) in [7, 11) is -3.43. The highest BCUT2D eigenvalue weighted by Crippen LogP contribution is 2.14. The van der Waals surface area contributed by atoms with E-state index in [1.54, 1.807) is 24.4 Å². The minimum atomic E-state index is -3.43. The maximum Gasteiger partial charge on any atom is 0.225 e. The Hall–Kier alpha value is -2.25. The van der Waals surface area contributed by atoms with Gasteiger partial charge in [-0.05, 0) is 30.7 Å². The van der Waals surface area contributed by atoms with Gasteiger partial charge < -0.3 is 5.32 Å². The predicted molar refractivity (Wildman–Crippen MR) is 93.9 cm³/mol. The van der Waals surface area contributed by atoms with Gasteiger partial charge in [0.1, 0.15) is 0 Å². The van der Waals surface area contributed by atoms with Gasteiger partial charge in [-0.1, -0.05) is 24.3 Å². The average molecular weight is 347 g/mol. The zero-order valence-electron chi connectivity index (χ0n) is 13.8. The number of aromatic nitrogens is 1. The molecule has 0 unspecified atom stereocenters. The smallest absolute Gasteiger partial charge is 0.225 e. The number of nitrogens with one attached hydrogen (secondary N) is 1. The van der Waals surface area contributed by atoms with Gasteiger partial charge in [0.05, 0.1) is 18.5 Å². The molecule has 128 valence electrons. The summed E-state index contributed by atoms with van der Waals surface area (Å²) < 4.78 is 25.1. The van der Waals surface area contributed by atoms with Crippen molar-refractivity contribution in [2.45, 2.75) is 19.9 Å². The third-order valence-electron chi connectivity index (χ3n) is 3.54. The molecule has 0 aliphatic carbocycles. The van der Waals surface area contributed by atoms with E-state index < -0.39 is 10.0 Å². The zero-order chi connectivity index (χ0) is 17.6. The Balaban J connectivity index is 1.98. The number of carbonyl (C=O) groups excluding carboxylic acids is 1. The fourth-order valence-corrected chi connectivity index (χ4v) is 2.98. The number of aryl methyl sites for hydroxylation is 1. The highest BCUT2D eigenvalue weighted by atomic mass is 32.2. The van der Waals surface area contributed by atoms with Crippen LogP contribution in [0, 0.1) is 6.92 Å². The summed E-state index contributed by atoms with van der Waals surface area (Å²) in [5.74, 6) is -0.223. The van der Waals surface area contributed by atoms with E-state index in [4.69, 9.17) is 0 Å². The molecule has 7 heteroatoms. The topological polar surface area (TPSA) is 79.4 Å². The summed E-state index contributed by atoms with van der Waals surface area (Å²) in [4.78, 5) is 16.2. The van der Waals surface area contributed by atoms with Gasteiger partial charge >= 0.3 is 0 Å². The molecule has 0 saturated carbocycles. The largest absolute Gasteiger partial charge is 0.326 e. The lowest BCUT2D eigenvalue weighted by Crippen LogP contribution is -2.33. The van der Waals surface area contributed by atoms with E-state index in [0.717, 1.165) is 17.5 Å². The summed E-state index contributed by atoms with van der Waals surface area (Å²) in [6, 6.07) is 12.8. The van der Waals surface area contributed by atoms with Gasteiger partial charge in [-0.3, -0.25) is 9.78 Å². The summed E-state index contributed by atoms with van der Waals surface area (Å²) in [6.45, 7) is 2.16. The minimum absolute atomic E-state index is 0.0776. The van der Waals surface area contributed by atoms with E-state index in [0.29, 0.717) is 5.69 Å². The Bertz CT molecular complexity index is 792. The molecule has 2 aromatic rings. The molecule has 0 atom stereocenters. The van der Waals surface area contributed by atoms with Gasteiger partial charge in [-0.25, -0.2) is 8.42 Å². The van der Waals surface area contributed by atoms with Gasteiger partial charge in [-0.15, -0.1) is 0 Å². The lowest BCUT2D eigenvalue weighted by atomic mass is 10.2. The molecule has 1 N–H and O–H groups in total. The molecule has 0 fully saturated rings. The van der Waals surface area contributed by atoms with Crippen molar-refractivity contribution in [1.82, 2.24) is 9.29 Å². The van der Waals surface area contributed by atoms with Gasteiger partial charge in [0, 0.05) is 24.8 Å². The van der Waals surface area contributed by atoms with Gasteiger partial charge in [-0.2, -0.15) is 4.31 Å². The number of para-hydroxylation sites is 1. The number of sulfonamides is 1. The molecule has 1 amide bonds. The number of carbonyl (C=O) groups is 1. The molecule has 0 saturated heterocycles. The molecule has 1 aromatic heterocycles. The van der Waals surface area contributed by atoms with E-state index in [2.05, 4.69) is 10.3 Å². The minimum Gasteiger partial charge on any atom is -0.326 e. The molecule has 0 aliphatic heterocycles. The van der Waals surface area contributed by atoms with Gasteiger partial charge in [0.2, 0.25) is 15.9 Å². The molecule has 1 heterocycles. The number of pyridine rings is 1. The van der Waals surface area contributed by atoms with Crippen molar-refractivity contribution in [3.05, 3.63) is 59.9 Å². The van der Waals surface area contributed by atoms with Crippen LogP contribution in [0.3, 0.4) is 0 Å². The predicted octanol–water partition coefficient (Wildman–Crippen LogP) is 2.18. The Labute approximate surface area is 142 Å². The molecule has 0 radical (unpaired) electrons. The quantitative estimate of drug-likeness (QED) is 0.832. The normalized spacial score (nSPS) is 11.5. The van der Waals surface area contributed by atoms with E-state index in [-0.39, 0.29) is 25.4 Å². The number of anilines is 1. The van der Waals surface area contributed by atoms with Crippen LogP contribution in [0.5, 0.6) is 0 Å². The standard InChI is InChI=1S/C17H21N3O3S/c1-14-7-3-4-9-16(14)19-17(21)10-12-20(24(2,22)23)13-15-8-5-6-11-18-15/h3-9,11H,10,12-13H2,1-2H3,(H,19,21). The van der Waals surface area contributed by atoms with E-state index in [9.17, 15) is 13.2 Å². The monoisotopic (exact) mass is 347 g/mol. The van der Waals surface area contributed by atoms with Crippen LogP contribution in [-0.2, 0) is 21.4 Å². The first-order valence-electron chi connectivity index (χ1n) is 7.57. The zero-order valence-corrected chi connectivity index (χ0v) is 14.6. The highest BCUT2D eigenvalue weighted by molar-refractivity contribution is 7.88. The molecule has 1 aromatic carbocycles. The number of benzene rings is 1. The molecule has 0 bridgehead atoms. The Morgan fingerprint density at radius 3 is 2.50 bits per heavy atom. The van der Waals surface area contributed by atoms with Crippen LogP contribution in [0.1, 0.15) is 17.7 Å². The maximum absolute atomic E-state index is 12.1. The Morgan fingerprint density at radius 1 is 1.17 bits per heavy atom. The lowest BCUT2D eigenvalue weighted by Gasteiger charge is -2.19. The van der Waals surface area contributed by atoms with E-state index in [1.165, 1.54) is 4.31 Å². The molecule has 0 aliphatic rings. The molecule has 24 heavy (non-hydrogen) atoms. The van der Waals surface area contributed by atoms with Crippen molar-refractivity contribution in [2.24, 2.45) is 0 Å². The van der Waals surface area contributed by atoms with E-state index in [1.807, 2.05) is 31.2 Å². The van der Waals surface area contributed by atoms with Crippen LogP contribution in [0.15, 0.2) is 48.7 Å². The number of amides is 1. The van der Waals surface area contributed by atoms with Crippen LogP contribution in [-0.4, -0.2) is 36.4 Å². The summed E-state index contributed by atoms with van der Waals surface area (Å²) in [5.41, 5.74) is 2.33. The lowest BCUT2D eigenvalue weighted by molar-refractivity contribution is -0.116. The van der Waals surface area contributed by atoms with Crippen LogP contribution in [0.4, 0.5) is 5.69 Å². The fourth-order valence-electron chi connectivity index (χ4n) is 2.19. The van der Waals surface area contributed by atoms with Gasteiger partial charge in [0.15, 0.2) is 0 Å². The average Bonchev–Trinajstić information content (AvgIpc) is 2.53. The number of rotatable bonds is 7. The van der Waals surface area contributed by atoms with Crippen LogP contribution < -0.4 is 5.32 Å². The van der Waals surface area contributed by atoms with Crippen LogP contribution >= 0.6 is 0 Å². The Morgan fingerprint density at radius 2 is 1.88 bits per heavy atom.